The topological polar surface area (TPSA) is 73.2 Å². The number of benzene rings is 6. The molecule has 6 rings (SSSR count). The first-order chi connectivity index (χ1) is 24.7. The van der Waals surface area contributed by atoms with Crippen LogP contribution in [-0.4, -0.2) is 19.0 Å². The minimum Gasteiger partial charge on any atom is -0.346 e. The molecule has 0 radical (unpaired) electrons. The molecule has 6 nitrogen and oxygen atoms in total. The van der Waals surface area contributed by atoms with E-state index in [0.29, 0.717) is 0 Å². The van der Waals surface area contributed by atoms with Crippen LogP contribution in [0.3, 0.4) is 0 Å². The summed E-state index contributed by atoms with van der Waals surface area (Å²) in [6, 6.07) is 49.0. The minimum absolute atomic E-state index is 0. The molecule has 0 fully saturated rings. The van der Waals surface area contributed by atoms with Gasteiger partial charge >= 0.3 is 37.7 Å². The van der Waals surface area contributed by atoms with Gasteiger partial charge in [0.15, 0.2) is 0 Å². The van der Waals surface area contributed by atoms with Crippen LogP contribution in [-0.2, 0) is 0 Å². The quantitative estimate of drug-likeness (QED) is 0.0960. The number of hydrogen-bond donors (Lipinski definition) is 3. The standard InChI is InChI=1S/3C15H16N2.2Li/c3*1-12-3-7-14(8-4-12)16-11-17-15-9-5-13(2)6-10-15;;/h3*3-11H,1-2H3,(H,16,17);;/q;;;2*+1. The molecule has 0 saturated heterocycles. The third-order valence-corrected chi connectivity index (χ3v) is 7.59. The number of aliphatic imine (C=N–C) groups is 3. The number of anilines is 3. The smallest absolute Gasteiger partial charge is 0.346 e. The Balaban J connectivity index is 0.000000270. The van der Waals surface area contributed by atoms with Crippen LogP contribution in [0.15, 0.2) is 161 Å². The van der Waals surface area contributed by atoms with Crippen LogP contribution in [0.1, 0.15) is 33.4 Å². The molecule has 0 aliphatic heterocycles. The Kier molecular flexibility index (Phi) is 20.1. The Morgan fingerprint density at radius 1 is 0.283 bits per heavy atom. The molecule has 0 atom stereocenters. The monoisotopic (exact) mass is 686 g/mol. The number of nitrogens with zero attached hydrogens (tertiary/aromatic N) is 3. The number of rotatable bonds is 9. The van der Waals surface area contributed by atoms with Crippen molar-refractivity contribution in [1.82, 2.24) is 0 Å². The summed E-state index contributed by atoms with van der Waals surface area (Å²) >= 11 is 0. The molecular weight excluding hydrogens is 638 g/mol. The molecule has 258 valence electrons. The van der Waals surface area contributed by atoms with Gasteiger partial charge in [0.05, 0.1) is 36.1 Å². The normalized spacial score (nSPS) is 10.3. The van der Waals surface area contributed by atoms with Crippen molar-refractivity contribution < 1.29 is 37.7 Å². The average molecular weight is 687 g/mol. The summed E-state index contributed by atoms with van der Waals surface area (Å²) in [5.74, 6) is 0. The van der Waals surface area contributed by atoms with Gasteiger partial charge in [0.2, 0.25) is 0 Å². The van der Waals surface area contributed by atoms with Gasteiger partial charge in [-0.25, -0.2) is 15.0 Å². The van der Waals surface area contributed by atoms with Gasteiger partial charge in [-0.05, 0) is 114 Å². The zero-order valence-electron chi connectivity index (χ0n) is 32.4. The number of aryl methyl sites for hydroxylation is 6. The van der Waals surface area contributed by atoms with E-state index < -0.39 is 0 Å². The van der Waals surface area contributed by atoms with Gasteiger partial charge in [-0.2, -0.15) is 0 Å². The third kappa shape index (κ3) is 17.8. The maximum Gasteiger partial charge on any atom is 1.00 e. The predicted molar refractivity (Wildman–Crippen MR) is 222 cm³/mol. The van der Waals surface area contributed by atoms with Gasteiger partial charge in [-0.3, -0.25) is 0 Å². The van der Waals surface area contributed by atoms with Crippen molar-refractivity contribution >= 4 is 53.1 Å². The second-order valence-corrected chi connectivity index (χ2v) is 12.3. The van der Waals surface area contributed by atoms with Crippen LogP contribution in [0, 0.1) is 41.5 Å². The van der Waals surface area contributed by atoms with Gasteiger partial charge in [-0.15, -0.1) is 0 Å². The fraction of sp³-hybridized carbons (Fsp3) is 0.133. The second-order valence-electron chi connectivity index (χ2n) is 12.3. The first-order valence-electron chi connectivity index (χ1n) is 17.0. The molecule has 3 N–H and O–H groups in total. The minimum atomic E-state index is 0. The summed E-state index contributed by atoms with van der Waals surface area (Å²) < 4.78 is 0. The molecule has 0 aromatic heterocycles. The molecule has 0 amide bonds. The number of hydrogen-bond acceptors (Lipinski definition) is 3. The van der Waals surface area contributed by atoms with Gasteiger partial charge < -0.3 is 16.0 Å². The van der Waals surface area contributed by atoms with Crippen molar-refractivity contribution in [1.29, 1.82) is 0 Å². The van der Waals surface area contributed by atoms with Gasteiger partial charge in [0.25, 0.3) is 0 Å². The van der Waals surface area contributed by atoms with E-state index in [1.165, 1.54) is 33.4 Å². The van der Waals surface area contributed by atoms with Crippen molar-refractivity contribution in [3.8, 4) is 0 Å². The Morgan fingerprint density at radius 3 is 0.642 bits per heavy atom. The van der Waals surface area contributed by atoms with Gasteiger partial charge in [-0.1, -0.05) is 106 Å². The Labute approximate surface area is 340 Å². The van der Waals surface area contributed by atoms with Crippen LogP contribution in [0.2, 0.25) is 0 Å². The Bertz CT molecular complexity index is 1730. The van der Waals surface area contributed by atoms with Crippen LogP contribution in [0.4, 0.5) is 34.1 Å². The van der Waals surface area contributed by atoms with E-state index in [0.717, 1.165) is 34.1 Å². The summed E-state index contributed by atoms with van der Waals surface area (Å²) in [6.45, 7) is 12.4. The molecule has 0 spiro atoms. The third-order valence-electron chi connectivity index (χ3n) is 7.59. The molecular formula is C45H48Li2N6+2. The predicted octanol–water partition coefficient (Wildman–Crippen LogP) is 6.23. The number of nitrogens with one attached hydrogen (secondary N) is 3. The Morgan fingerprint density at radius 2 is 0.453 bits per heavy atom. The second kappa shape index (κ2) is 24.2. The van der Waals surface area contributed by atoms with Crippen LogP contribution in [0.5, 0.6) is 0 Å². The average Bonchev–Trinajstić information content (AvgIpc) is 3.14. The summed E-state index contributed by atoms with van der Waals surface area (Å²) in [5, 5.41) is 9.43. The first kappa shape index (κ1) is 44.1. The Hall–Kier alpha value is -5.08. The van der Waals surface area contributed by atoms with Crippen LogP contribution in [0.25, 0.3) is 0 Å². The molecule has 0 bridgehead atoms. The fourth-order valence-corrected chi connectivity index (χ4v) is 4.39. The zero-order valence-corrected chi connectivity index (χ0v) is 32.4. The van der Waals surface area contributed by atoms with Crippen molar-refractivity contribution in [3.63, 3.8) is 0 Å². The first-order valence-corrected chi connectivity index (χ1v) is 17.0. The van der Waals surface area contributed by atoms with Crippen molar-refractivity contribution in [2.75, 3.05) is 16.0 Å². The summed E-state index contributed by atoms with van der Waals surface area (Å²) in [4.78, 5) is 13.0. The van der Waals surface area contributed by atoms with E-state index in [-0.39, 0.29) is 37.7 Å². The molecule has 0 aliphatic rings. The summed E-state index contributed by atoms with van der Waals surface area (Å²) in [6.07, 6.45) is 5.15. The van der Waals surface area contributed by atoms with E-state index in [1.54, 1.807) is 19.0 Å². The van der Waals surface area contributed by atoms with Crippen LogP contribution < -0.4 is 53.7 Å². The molecule has 6 aromatic rings. The van der Waals surface area contributed by atoms with Crippen molar-refractivity contribution in [2.45, 2.75) is 41.5 Å². The largest absolute Gasteiger partial charge is 1.00 e. The summed E-state index contributed by atoms with van der Waals surface area (Å²) in [5.41, 5.74) is 13.5. The van der Waals surface area contributed by atoms with Crippen LogP contribution >= 0.6 is 0 Å². The van der Waals surface area contributed by atoms with E-state index in [4.69, 9.17) is 0 Å². The van der Waals surface area contributed by atoms with E-state index >= 15 is 0 Å². The van der Waals surface area contributed by atoms with E-state index in [1.807, 2.05) is 72.8 Å². The van der Waals surface area contributed by atoms with Gasteiger partial charge in [0, 0.05) is 17.1 Å². The molecule has 0 unspecified atom stereocenters. The summed E-state index contributed by atoms with van der Waals surface area (Å²) in [7, 11) is 0. The molecule has 53 heavy (non-hydrogen) atoms. The molecule has 6 aromatic carbocycles. The molecule has 0 heterocycles. The maximum atomic E-state index is 4.33. The molecule has 0 saturated carbocycles. The van der Waals surface area contributed by atoms with Gasteiger partial charge in [0.1, 0.15) is 0 Å². The van der Waals surface area contributed by atoms with Crippen molar-refractivity contribution in [2.24, 2.45) is 15.0 Å². The molecule has 8 heteroatoms. The fourth-order valence-electron chi connectivity index (χ4n) is 4.39. The van der Waals surface area contributed by atoms with Crippen molar-refractivity contribution in [3.05, 3.63) is 179 Å². The van der Waals surface area contributed by atoms with E-state index in [2.05, 4.69) is 145 Å². The maximum absolute atomic E-state index is 4.33. The van der Waals surface area contributed by atoms with E-state index in [9.17, 15) is 0 Å². The SMILES string of the molecule is Cc1ccc(N=CNc2ccc(C)cc2)cc1.Cc1ccc(N=CNc2ccc(C)cc2)cc1.Cc1ccc(N=CNc2ccc(C)cc2)cc1.[Li+].[Li+]. The molecule has 0 aliphatic carbocycles. The zero-order chi connectivity index (χ0) is 36.3.